The van der Waals surface area contributed by atoms with Crippen molar-refractivity contribution in [2.45, 2.75) is 27.7 Å². The van der Waals surface area contributed by atoms with Crippen LogP contribution in [0.4, 0.5) is 0 Å². The highest BCUT2D eigenvalue weighted by Crippen LogP contribution is 2.17. The highest BCUT2D eigenvalue weighted by molar-refractivity contribution is 7.85. The topological polar surface area (TPSA) is 32.3 Å². The fourth-order valence-corrected chi connectivity index (χ4v) is 3.32. The van der Waals surface area contributed by atoms with Gasteiger partial charge in [-0.1, -0.05) is 27.7 Å². The third-order valence-corrected chi connectivity index (χ3v) is 4.35. The van der Waals surface area contributed by atoms with E-state index in [1.54, 1.807) is 0 Å². The lowest BCUT2D eigenvalue weighted by atomic mass is 9.92. The van der Waals surface area contributed by atoms with Crippen molar-refractivity contribution in [1.82, 2.24) is 10.2 Å². The lowest BCUT2D eigenvalue weighted by molar-refractivity contribution is 0.185. The molecular formula is C13H28N2OS. The van der Waals surface area contributed by atoms with Crippen LogP contribution in [0.5, 0.6) is 0 Å². The molecule has 0 aromatic rings. The zero-order valence-electron chi connectivity index (χ0n) is 11.8. The summed E-state index contributed by atoms with van der Waals surface area (Å²) in [5.74, 6) is 2.42. The second-order valence-corrected chi connectivity index (χ2v) is 8.01. The number of rotatable bonds is 6. The fourth-order valence-electron chi connectivity index (χ4n) is 2.19. The molecule has 0 spiro atoms. The van der Waals surface area contributed by atoms with Crippen LogP contribution in [0.3, 0.4) is 0 Å². The smallest absolute Gasteiger partial charge is 0.0363 e. The van der Waals surface area contributed by atoms with Crippen LogP contribution >= 0.6 is 0 Å². The Labute approximate surface area is 109 Å². The maximum Gasteiger partial charge on any atom is 0.0363 e. The Morgan fingerprint density at radius 2 is 1.88 bits per heavy atom. The molecule has 17 heavy (non-hydrogen) atoms. The molecule has 0 saturated carbocycles. The maximum absolute atomic E-state index is 11.3. The monoisotopic (exact) mass is 260 g/mol. The second-order valence-electron chi connectivity index (χ2n) is 6.31. The molecule has 1 fully saturated rings. The van der Waals surface area contributed by atoms with E-state index in [4.69, 9.17) is 0 Å². The summed E-state index contributed by atoms with van der Waals surface area (Å²) in [6, 6.07) is 0. The molecule has 0 aliphatic carbocycles. The first kappa shape index (κ1) is 15.1. The van der Waals surface area contributed by atoms with Crippen molar-refractivity contribution >= 4 is 10.8 Å². The van der Waals surface area contributed by atoms with Gasteiger partial charge in [-0.05, 0) is 17.9 Å². The van der Waals surface area contributed by atoms with Crippen LogP contribution in [0.2, 0.25) is 0 Å². The van der Waals surface area contributed by atoms with E-state index in [0.29, 0.717) is 11.3 Å². The van der Waals surface area contributed by atoms with Crippen molar-refractivity contribution in [3.8, 4) is 0 Å². The molecule has 1 aliphatic heterocycles. The summed E-state index contributed by atoms with van der Waals surface area (Å²) in [4.78, 5) is 2.46. The lowest BCUT2D eigenvalue weighted by Crippen LogP contribution is -2.46. The Morgan fingerprint density at radius 3 is 2.41 bits per heavy atom. The molecule has 3 nitrogen and oxygen atoms in total. The van der Waals surface area contributed by atoms with Crippen LogP contribution in [0.1, 0.15) is 27.7 Å². The third-order valence-electron chi connectivity index (χ3n) is 3.08. The van der Waals surface area contributed by atoms with Gasteiger partial charge in [0, 0.05) is 48.5 Å². The van der Waals surface area contributed by atoms with Crippen LogP contribution in [-0.2, 0) is 10.8 Å². The molecule has 102 valence electrons. The average molecular weight is 260 g/mol. The first-order valence-corrected chi connectivity index (χ1v) is 8.16. The lowest BCUT2D eigenvalue weighted by Gasteiger charge is -2.35. The molecule has 0 aromatic carbocycles. The van der Waals surface area contributed by atoms with E-state index in [-0.39, 0.29) is 0 Å². The van der Waals surface area contributed by atoms with Gasteiger partial charge < -0.3 is 10.2 Å². The Hall–Kier alpha value is 0.0700. The highest BCUT2D eigenvalue weighted by atomic mass is 32.2. The predicted molar refractivity (Wildman–Crippen MR) is 75.8 cm³/mol. The molecule has 0 atom stereocenters. The molecule has 0 amide bonds. The minimum absolute atomic E-state index is 0.299. The van der Waals surface area contributed by atoms with Gasteiger partial charge in [-0.3, -0.25) is 4.21 Å². The molecule has 1 N–H and O–H groups in total. The van der Waals surface area contributed by atoms with Gasteiger partial charge >= 0.3 is 0 Å². The first-order valence-electron chi connectivity index (χ1n) is 6.67. The van der Waals surface area contributed by atoms with Gasteiger partial charge in [0.2, 0.25) is 0 Å². The summed E-state index contributed by atoms with van der Waals surface area (Å²) >= 11 is 0. The third kappa shape index (κ3) is 6.53. The Kier molecular flexibility index (Phi) is 6.10. The largest absolute Gasteiger partial charge is 0.316 e. The minimum atomic E-state index is -0.558. The van der Waals surface area contributed by atoms with E-state index in [2.05, 4.69) is 37.9 Å². The van der Waals surface area contributed by atoms with E-state index in [1.807, 2.05) is 0 Å². The Bertz CT molecular complexity index is 244. The van der Waals surface area contributed by atoms with E-state index in [1.165, 1.54) is 0 Å². The number of nitrogens with one attached hydrogen (secondary N) is 1. The standard InChI is InChI=1S/C13H28N2OS/c1-12(2)9-14-10-13(3,4)11-15-5-7-17(16)8-6-15/h12,14H,5-11H2,1-4H3. The summed E-state index contributed by atoms with van der Waals surface area (Å²) in [7, 11) is -0.558. The number of nitrogens with zero attached hydrogens (tertiary/aromatic N) is 1. The quantitative estimate of drug-likeness (QED) is 0.782. The first-order chi connectivity index (χ1) is 7.89. The molecule has 0 unspecified atom stereocenters. The zero-order valence-corrected chi connectivity index (χ0v) is 12.6. The van der Waals surface area contributed by atoms with Crippen molar-refractivity contribution in [1.29, 1.82) is 0 Å². The molecule has 1 saturated heterocycles. The van der Waals surface area contributed by atoms with Crippen LogP contribution < -0.4 is 5.32 Å². The van der Waals surface area contributed by atoms with Crippen LogP contribution in [0, 0.1) is 11.3 Å². The minimum Gasteiger partial charge on any atom is -0.316 e. The van der Waals surface area contributed by atoms with Crippen molar-refractivity contribution in [2.24, 2.45) is 11.3 Å². The van der Waals surface area contributed by atoms with Gasteiger partial charge in [-0.25, -0.2) is 0 Å². The summed E-state index contributed by atoms with van der Waals surface area (Å²) in [5.41, 5.74) is 0.299. The summed E-state index contributed by atoms with van der Waals surface area (Å²) in [5, 5.41) is 3.54. The van der Waals surface area contributed by atoms with Gasteiger partial charge in [-0.2, -0.15) is 0 Å². The SMILES string of the molecule is CC(C)CNCC(C)(C)CN1CCS(=O)CC1. The summed E-state index contributed by atoms with van der Waals surface area (Å²) in [6.07, 6.45) is 0. The van der Waals surface area contributed by atoms with Gasteiger partial charge in [0.15, 0.2) is 0 Å². The molecule has 0 aromatic heterocycles. The zero-order chi connectivity index (χ0) is 12.9. The van der Waals surface area contributed by atoms with Crippen molar-refractivity contribution in [3.05, 3.63) is 0 Å². The van der Waals surface area contributed by atoms with Crippen LogP contribution in [0.25, 0.3) is 0 Å². The molecule has 1 rings (SSSR count). The van der Waals surface area contributed by atoms with E-state index in [0.717, 1.165) is 44.2 Å². The van der Waals surface area contributed by atoms with E-state index in [9.17, 15) is 4.21 Å². The van der Waals surface area contributed by atoms with E-state index < -0.39 is 10.8 Å². The molecular weight excluding hydrogens is 232 g/mol. The van der Waals surface area contributed by atoms with Gasteiger partial charge in [-0.15, -0.1) is 0 Å². The van der Waals surface area contributed by atoms with Crippen molar-refractivity contribution in [3.63, 3.8) is 0 Å². The predicted octanol–water partition coefficient (Wildman–Crippen LogP) is 1.32. The number of hydrogen-bond donors (Lipinski definition) is 1. The van der Waals surface area contributed by atoms with Gasteiger partial charge in [0.1, 0.15) is 0 Å². The van der Waals surface area contributed by atoms with Crippen molar-refractivity contribution in [2.75, 3.05) is 44.2 Å². The fraction of sp³-hybridized carbons (Fsp3) is 1.00. The van der Waals surface area contributed by atoms with Crippen LogP contribution in [0.15, 0.2) is 0 Å². The van der Waals surface area contributed by atoms with E-state index >= 15 is 0 Å². The summed E-state index contributed by atoms with van der Waals surface area (Å²) in [6.45, 7) is 14.4. The summed E-state index contributed by atoms with van der Waals surface area (Å²) < 4.78 is 11.3. The maximum atomic E-state index is 11.3. The molecule has 1 aliphatic rings. The van der Waals surface area contributed by atoms with Gasteiger partial charge in [0.25, 0.3) is 0 Å². The molecule has 4 heteroatoms. The second kappa shape index (κ2) is 6.86. The molecule has 1 heterocycles. The highest BCUT2D eigenvalue weighted by Gasteiger charge is 2.24. The molecule has 0 bridgehead atoms. The van der Waals surface area contributed by atoms with Crippen molar-refractivity contribution < 1.29 is 4.21 Å². The molecule has 0 radical (unpaired) electrons. The van der Waals surface area contributed by atoms with Crippen LogP contribution in [-0.4, -0.2) is 53.3 Å². The average Bonchev–Trinajstić information content (AvgIpc) is 2.20. The number of hydrogen-bond acceptors (Lipinski definition) is 3. The Balaban J connectivity index is 2.25. The normalized spacial score (nSPS) is 20.1. The van der Waals surface area contributed by atoms with Gasteiger partial charge in [0.05, 0.1) is 0 Å². The Morgan fingerprint density at radius 1 is 1.29 bits per heavy atom.